The van der Waals surface area contributed by atoms with Crippen molar-refractivity contribution in [3.8, 4) is 0 Å². The molecule has 0 bridgehead atoms. The summed E-state index contributed by atoms with van der Waals surface area (Å²) in [6, 6.07) is 30.9. The minimum absolute atomic E-state index is 0.0231. The second kappa shape index (κ2) is 21.0. The first-order valence-electron chi connectivity index (χ1n) is 18.4. The second-order valence-electron chi connectivity index (χ2n) is 14.2. The van der Waals surface area contributed by atoms with E-state index in [4.69, 9.17) is 4.74 Å². The molecule has 1 unspecified atom stereocenters. The lowest BCUT2D eigenvalue weighted by Gasteiger charge is -2.38. The molecule has 0 aliphatic carbocycles. The zero-order valence-electron chi connectivity index (χ0n) is 31.9. The second-order valence-corrected chi connectivity index (χ2v) is 15.1. The maximum Gasteiger partial charge on any atom is 0.408 e. The Bertz CT molecular complexity index is 1810. The van der Waals surface area contributed by atoms with Crippen molar-refractivity contribution in [3.63, 3.8) is 0 Å². The van der Waals surface area contributed by atoms with E-state index in [2.05, 4.69) is 37.2 Å². The first kappa shape index (κ1) is 42.5. The van der Waals surface area contributed by atoms with Crippen molar-refractivity contribution in [2.75, 3.05) is 11.9 Å². The molecule has 12 heteroatoms. The molecule has 0 aliphatic heterocycles. The van der Waals surface area contributed by atoms with E-state index in [9.17, 15) is 24.3 Å². The van der Waals surface area contributed by atoms with Crippen molar-refractivity contribution in [2.24, 2.45) is 11.8 Å². The number of carbonyl (C=O) groups excluding carboxylic acids is 4. The zero-order valence-corrected chi connectivity index (χ0v) is 33.5. The molecule has 5 N–H and O–H groups in total. The number of benzene rings is 4. The Kier molecular flexibility index (Phi) is 16.3. The van der Waals surface area contributed by atoms with Crippen LogP contribution < -0.4 is 26.2 Å². The van der Waals surface area contributed by atoms with Crippen molar-refractivity contribution in [3.05, 3.63) is 136 Å². The fourth-order valence-corrected chi connectivity index (χ4v) is 6.37. The van der Waals surface area contributed by atoms with E-state index in [1.54, 1.807) is 37.9 Å². The molecule has 5 atom stereocenters. The number of hydrogen-bond donors (Lipinski definition) is 5. The molecule has 0 spiro atoms. The molecule has 11 nitrogen and oxygen atoms in total. The molecular weight excluding hydrogens is 762 g/mol. The van der Waals surface area contributed by atoms with Crippen LogP contribution in [0.15, 0.2) is 120 Å². The van der Waals surface area contributed by atoms with Gasteiger partial charge in [0.25, 0.3) is 0 Å². The Morgan fingerprint density at radius 2 is 1.16 bits per heavy atom. The van der Waals surface area contributed by atoms with Gasteiger partial charge >= 0.3 is 6.09 Å². The number of anilines is 1. The lowest BCUT2D eigenvalue weighted by molar-refractivity contribution is -0.133. The van der Waals surface area contributed by atoms with Crippen LogP contribution in [-0.4, -0.2) is 66.2 Å². The summed E-state index contributed by atoms with van der Waals surface area (Å²) in [4.78, 5) is 56.6. The average Bonchev–Trinajstić information content (AvgIpc) is 3.18. The van der Waals surface area contributed by atoms with Crippen molar-refractivity contribution in [1.82, 2.24) is 21.3 Å². The number of halogens is 1. The van der Waals surface area contributed by atoms with Gasteiger partial charge in [-0.05, 0) is 59.2 Å². The minimum atomic E-state index is -1.50. The Hall–Kier alpha value is -5.20. The molecule has 0 radical (unpaired) electrons. The zero-order chi connectivity index (χ0) is 39.9. The third kappa shape index (κ3) is 13.0. The normalized spacial score (nSPS) is 13.8. The lowest BCUT2D eigenvalue weighted by atomic mass is 9.93. The summed E-state index contributed by atoms with van der Waals surface area (Å²) in [6.45, 7) is 7.54. The van der Waals surface area contributed by atoms with Crippen LogP contribution in [0.2, 0.25) is 0 Å². The average molecular weight is 815 g/mol. The molecule has 0 aliphatic rings. The number of carbonyl (C=O) groups is 4. The number of aliphatic hydroxyl groups excluding tert-OH is 1. The molecular formula is C43H52BrN5O6. The molecule has 4 aromatic carbocycles. The van der Waals surface area contributed by atoms with Gasteiger partial charge < -0.3 is 36.0 Å². The van der Waals surface area contributed by atoms with Gasteiger partial charge in [-0.25, -0.2) is 4.79 Å². The molecule has 0 saturated carbocycles. The number of nitrogens with one attached hydrogen (secondary N) is 4. The van der Waals surface area contributed by atoms with Crippen LogP contribution in [0.25, 0.3) is 0 Å². The summed E-state index contributed by atoms with van der Waals surface area (Å²) in [5, 5.41) is 23.8. The number of nitrogens with zero attached hydrogens (tertiary/aromatic N) is 1. The van der Waals surface area contributed by atoms with Crippen LogP contribution in [0.5, 0.6) is 0 Å². The smallest absolute Gasteiger partial charge is 0.408 e. The van der Waals surface area contributed by atoms with Gasteiger partial charge in [-0.3, -0.25) is 14.4 Å². The van der Waals surface area contributed by atoms with E-state index in [-0.39, 0.29) is 37.3 Å². The molecule has 292 valence electrons. The molecule has 55 heavy (non-hydrogen) atoms. The number of rotatable bonds is 18. The maximum absolute atomic E-state index is 14.5. The number of amides is 4. The van der Waals surface area contributed by atoms with Crippen molar-refractivity contribution < 1.29 is 29.0 Å². The molecule has 0 heterocycles. The van der Waals surface area contributed by atoms with Gasteiger partial charge in [0, 0.05) is 23.8 Å². The SMILES string of the molecule is CC(C)[C@H](NC(=O)OCc1ccccc1)C(=O)N[C@@H](Cc1ccccc1)[C@H](O)C(C(=O)N[C@@H](C(=O)NCc1ccccc1)C(C)C)N(C)c1ccc(Br)cc1. The Balaban J connectivity index is 1.62. The first-order chi connectivity index (χ1) is 26.3. The summed E-state index contributed by atoms with van der Waals surface area (Å²) in [5.41, 5.74) is 3.12. The number of likely N-dealkylation sites (N-methyl/N-ethyl adjacent to an activating group) is 1. The highest BCUT2D eigenvalue weighted by atomic mass is 79.9. The lowest BCUT2D eigenvalue weighted by Crippen LogP contribution is -2.63. The first-order valence-corrected chi connectivity index (χ1v) is 19.2. The molecule has 4 aromatic rings. The van der Waals surface area contributed by atoms with Crippen molar-refractivity contribution in [1.29, 1.82) is 0 Å². The van der Waals surface area contributed by atoms with E-state index >= 15 is 0 Å². The van der Waals surface area contributed by atoms with Gasteiger partial charge in [-0.2, -0.15) is 0 Å². The maximum atomic E-state index is 14.5. The third-order valence-corrected chi connectivity index (χ3v) is 9.80. The fraction of sp³-hybridized carbons (Fsp3) is 0.349. The fourth-order valence-electron chi connectivity index (χ4n) is 6.11. The quantitative estimate of drug-likeness (QED) is 0.0860. The Labute approximate surface area is 332 Å². The van der Waals surface area contributed by atoms with Gasteiger partial charge in [-0.15, -0.1) is 0 Å². The van der Waals surface area contributed by atoms with Crippen LogP contribution in [-0.2, 0) is 38.7 Å². The predicted molar refractivity (Wildman–Crippen MR) is 218 cm³/mol. The van der Waals surface area contributed by atoms with E-state index in [0.717, 1.165) is 21.2 Å². The van der Waals surface area contributed by atoms with Crippen LogP contribution in [0.1, 0.15) is 44.4 Å². The highest BCUT2D eigenvalue weighted by molar-refractivity contribution is 9.10. The monoisotopic (exact) mass is 813 g/mol. The van der Waals surface area contributed by atoms with E-state index in [1.165, 1.54) is 0 Å². The minimum Gasteiger partial charge on any atom is -0.445 e. The molecule has 4 amide bonds. The summed E-state index contributed by atoms with van der Waals surface area (Å²) >= 11 is 3.46. The summed E-state index contributed by atoms with van der Waals surface area (Å²) in [5.74, 6) is -2.19. The van der Waals surface area contributed by atoms with Crippen molar-refractivity contribution in [2.45, 2.75) is 77.5 Å². The molecule has 0 saturated heterocycles. The number of aliphatic hydroxyl groups is 1. The number of hydrogen-bond acceptors (Lipinski definition) is 7. The number of alkyl carbamates (subject to hydrolysis) is 1. The van der Waals surface area contributed by atoms with Crippen molar-refractivity contribution >= 4 is 45.4 Å². The highest BCUT2D eigenvalue weighted by Gasteiger charge is 2.40. The summed E-state index contributed by atoms with van der Waals surface area (Å²) in [6.07, 6.45) is -2.12. The highest BCUT2D eigenvalue weighted by Crippen LogP contribution is 2.23. The van der Waals surface area contributed by atoms with Crippen LogP contribution in [0, 0.1) is 11.8 Å². The molecule has 4 rings (SSSR count). The predicted octanol–water partition coefficient (Wildman–Crippen LogP) is 5.75. The largest absolute Gasteiger partial charge is 0.445 e. The standard InChI is InChI=1S/C43H52BrN5O6/c1-28(2)36(40(51)45-26-31-17-11-7-12-18-31)47-42(53)38(49(5)34-23-21-33(44)22-24-34)39(50)35(25-30-15-9-6-10-16-30)46-41(52)37(29(3)4)48-43(54)55-27-32-19-13-8-14-20-32/h6-24,28-29,35-39,50H,25-27H2,1-5H3,(H,45,51)(H,46,52)(H,47,53)(H,48,54)/t35-,36+,37-,38?,39-/m0/s1. The third-order valence-electron chi connectivity index (χ3n) is 9.27. The summed E-state index contributed by atoms with van der Waals surface area (Å²) in [7, 11) is 1.68. The molecule has 0 aromatic heterocycles. The van der Waals surface area contributed by atoms with Crippen LogP contribution in [0.4, 0.5) is 10.5 Å². The van der Waals surface area contributed by atoms with Gasteiger partial charge in [0.2, 0.25) is 17.7 Å². The van der Waals surface area contributed by atoms with Gasteiger partial charge in [0.1, 0.15) is 30.8 Å². The van der Waals surface area contributed by atoms with E-state index < -0.39 is 48.2 Å². The Morgan fingerprint density at radius 3 is 1.71 bits per heavy atom. The topological polar surface area (TPSA) is 149 Å². The van der Waals surface area contributed by atoms with E-state index in [1.807, 2.05) is 117 Å². The van der Waals surface area contributed by atoms with E-state index in [0.29, 0.717) is 5.69 Å². The van der Waals surface area contributed by atoms with Gasteiger partial charge in [0.15, 0.2) is 0 Å². The Morgan fingerprint density at radius 1 is 0.655 bits per heavy atom. The van der Waals surface area contributed by atoms with Crippen LogP contribution >= 0.6 is 15.9 Å². The van der Waals surface area contributed by atoms with Gasteiger partial charge in [0.05, 0.1) is 6.04 Å². The number of ether oxygens (including phenoxy) is 1. The molecule has 0 fully saturated rings. The van der Waals surface area contributed by atoms with Gasteiger partial charge in [-0.1, -0.05) is 135 Å². The summed E-state index contributed by atoms with van der Waals surface area (Å²) < 4.78 is 6.23. The van der Waals surface area contributed by atoms with Crippen LogP contribution in [0.3, 0.4) is 0 Å².